The molecule has 1 unspecified atom stereocenters. The molecule has 0 bridgehead atoms. The van der Waals surface area contributed by atoms with E-state index in [-0.39, 0.29) is 5.75 Å². The van der Waals surface area contributed by atoms with Gasteiger partial charge in [-0.3, -0.25) is 4.90 Å². The zero-order valence-electron chi connectivity index (χ0n) is 19.5. The standard InChI is InChI=1S/C24H30N2O2.C2H6/c1-7-15(4)20-11-18(9-8-16(20)5)26-22(13-25-24(26)28)21-12-19(14(2)3)17(6)10-23(21)27;1-2/h7-14,24-25,27-28H,1-6H3;1-2H3/b15-7-;. The van der Waals surface area contributed by atoms with Gasteiger partial charge in [-0.1, -0.05) is 39.8 Å². The second kappa shape index (κ2) is 9.86. The summed E-state index contributed by atoms with van der Waals surface area (Å²) in [5.74, 6) is 0.557. The number of nitrogens with one attached hydrogen (secondary N) is 1. The molecule has 1 atom stereocenters. The molecule has 0 aromatic heterocycles. The van der Waals surface area contributed by atoms with Crippen molar-refractivity contribution in [3.63, 3.8) is 0 Å². The minimum absolute atomic E-state index is 0.214. The van der Waals surface area contributed by atoms with Gasteiger partial charge in [-0.25, -0.2) is 0 Å². The number of phenolic OH excluding ortho intramolecular Hbond substituents is 1. The van der Waals surface area contributed by atoms with Gasteiger partial charge < -0.3 is 15.5 Å². The number of hydrogen-bond donors (Lipinski definition) is 3. The van der Waals surface area contributed by atoms with Crippen LogP contribution in [0.1, 0.15) is 75.3 Å². The lowest BCUT2D eigenvalue weighted by atomic mass is 9.94. The molecule has 0 fully saturated rings. The number of aryl methyl sites for hydroxylation is 2. The molecule has 0 saturated heterocycles. The second-order valence-electron chi connectivity index (χ2n) is 7.79. The molecule has 2 aromatic rings. The number of rotatable bonds is 4. The summed E-state index contributed by atoms with van der Waals surface area (Å²) in [7, 11) is 0. The van der Waals surface area contributed by atoms with Crippen LogP contribution in [-0.2, 0) is 0 Å². The number of aromatic hydroxyl groups is 1. The number of aliphatic hydroxyl groups excluding tert-OH is 1. The molecular formula is C26H36N2O2. The predicted octanol–water partition coefficient (Wildman–Crippen LogP) is 6.27. The number of aliphatic hydroxyl groups is 1. The van der Waals surface area contributed by atoms with Gasteiger partial charge >= 0.3 is 0 Å². The number of hydrogen-bond acceptors (Lipinski definition) is 4. The Kier molecular flexibility index (Phi) is 7.74. The van der Waals surface area contributed by atoms with Crippen molar-refractivity contribution in [1.29, 1.82) is 0 Å². The molecule has 4 heteroatoms. The van der Waals surface area contributed by atoms with Crippen LogP contribution in [0.3, 0.4) is 0 Å². The van der Waals surface area contributed by atoms with Crippen LogP contribution in [-0.4, -0.2) is 16.6 Å². The Hall–Kier alpha value is -2.72. The average Bonchev–Trinajstić information content (AvgIpc) is 3.10. The van der Waals surface area contributed by atoms with E-state index in [0.717, 1.165) is 22.5 Å². The van der Waals surface area contributed by atoms with E-state index < -0.39 is 6.35 Å². The molecule has 3 rings (SSSR count). The quantitative estimate of drug-likeness (QED) is 0.558. The minimum Gasteiger partial charge on any atom is -0.507 e. The Morgan fingerprint density at radius 1 is 1.10 bits per heavy atom. The number of phenols is 1. The molecule has 0 aliphatic carbocycles. The van der Waals surface area contributed by atoms with Crippen molar-refractivity contribution in [3.05, 3.63) is 70.4 Å². The Bertz CT molecular complexity index is 958. The van der Waals surface area contributed by atoms with Crippen LogP contribution in [0, 0.1) is 13.8 Å². The van der Waals surface area contributed by atoms with Crippen molar-refractivity contribution in [2.24, 2.45) is 0 Å². The van der Waals surface area contributed by atoms with Crippen molar-refractivity contribution < 1.29 is 10.2 Å². The van der Waals surface area contributed by atoms with Gasteiger partial charge in [-0.15, -0.1) is 0 Å². The van der Waals surface area contributed by atoms with Crippen LogP contribution in [0.15, 0.2) is 42.6 Å². The smallest absolute Gasteiger partial charge is 0.209 e. The SMILES string of the molecule is C/C=C(/C)c1cc(N2C(c3cc(C(C)C)c(C)cc3O)=CNC2O)ccc1C.CC. The van der Waals surface area contributed by atoms with Crippen LogP contribution < -0.4 is 10.2 Å². The molecule has 0 saturated carbocycles. The maximum atomic E-state index is 10.6. The van der Waals surface area contributed by atoms with Crippen molar-refractivity contribution >= 4 is 17.0 Å². The number of benzene rings is 2. The van der Waals surface area contributed by atoms with Crippen molar-refractivity contribution in [2.45, 2.75) is 67.7 Å². The highest BCUT2D eigenvalue weighted by Crippen LogP contribution is 2.38. The largest absolute Gasteiger partial charge is 0.507 e. The Labute approximate surface area is 181 Å². The van der Waals surface area contributed by atoms with Gasteiger partial charge in [0.15, 0.2) is 0 Å². The molecular weight excluding hydrogens is 372 g/mol. The summed E-state index contributed by atoms with van der Waals surface area (Å²) < 4.78 is 0. The molecule has 1 heterocycles. The summed E-state index contributed by atoms with van der Waals surface area (Å²) in [6.45, 7) is 16.5. The molecule has 0 amide bonds. The summed E-state index contributed by atoms with van der Waals surface area (Å²) in [6.07, 6.45) is 2.96. The molecule has 4 nitrogen and oxygen atoms in total. The molecule has 0 radical (unpaired) electrons. The first-order valence-corrected chi connectivity index (χ1v) is 10.8. The second-order valence-corrected chi connectivity index (χ2v) is 7.79. The maximum Gasteiger partial charge on any atom is 0.209 e. The van der Waals surface area contributed by atoms with Crippen LogP contribution >= 0.6 is 0 Å². The molecule has 0 spiro atoms. The van der Waals surface area contributed by atoms with Crippen molar-refractivity contribution in [3.8, 4) is 5.75 Å². The fourth-order valence-electron chi connectivity index (χ4n) is 3.79. The van der Waals surface area contributed by atoms with Crippen molar-refractivity contribution in [1.82, 2.24) is 5.32 Å². The van der Waals surface area contributed by atoms with E-state index in [1.807, 2.05) is 44.7 Å². The fraction of sp³-hybridized carbons (Fsp3) is 0.385. The molecule has 3 N–H and O–H groups in total. The predicted molar refractivity (Wildman–Crippen MR) is 128 cm³/mol. The zero-order valence-corrected chi connectivity index (χ0v) is 19.5. The molecule has 162 valence electrons. The maximum absolute atomic E-state index is 10.6. The first-order valence-electron chi connectivity index (χ1n) is 10.8. The van der Waals surface area contributed by atoms with E-state index in [1.54, 1.807) is 12.3 Å². The number of allylic oxidation sites excluding steroid dienone is 2. The fourth-order valence-corrected chi connectivity index (χ4v) is 3.79. The van der Waals surface area contributed by atoms with Crippen LogP contribution in [0.4, 0.5) is 5.69 Å². The summed E-state index contributed by atoms with van der Waals surface area (Å²) in [5, 5.41) is 24.2. The lowest BCUT2D eigenvalue weighted by Gasteiger charge is -2.27. The van der Waals surface area contributed by atoms with Crippen LogP contribution in [0.25, 0.3) is 11.3 Å². The molecule has 1 aliphatic heterocycles. The highest BCUT2D eigenvalue weighted by atomic mass is 16.3. The van der Waals surface area contributed by atoms with E-state index in [1.165, 1.54) is 16.7 Å². The van der Waals surface area contributed by atoms with E-state index in [9.17, 15) is 10.2 Å². The van der Waals surface area contributed by atoms with Gasteiger partial charge in [0.05, 0.1) is 5.70 Å². The third-order valence-corrected chi connectivity index (χ3v) is 5.51. The van der Waals surface area contributed by atoms with Gasteiger partial charge in [0, 0.05) is 17.5 Å². The van der Waals surface area contributed by atoms with Crippen LogP contribution in [0.2, 0.25) is 0 Å². The monoisotopic (exact) mass is 408 g/mol. The molecule has 30 heavy (non-hydrogen) atoms. The van der Waals surface area contributed by atoms with E-state index in [4.69, 9.17) is 0 Å². The van der Waals surface area contributed by atoms with E-state index in [0.29, 0.717) is 11.5 Å². The first-order chi connectivity index (χ1) is 14.2. The normalized spacial score (nSPS) is 16.2. The summed E-state index contributed by atoms with van der Waals surface area (Å²) in [4.78, 5) is 1.82. The van der Waals surface area contributed by atoms with Gasteiger partial charge in [-0.2, -0.15) is 0 Å². The highest BCUT2D eigenvalue weighted by Gasteiger charge is 2.29. The minimum atomic E-state index is -0.889. The van der Waals surface area contributed by atoms with Crippen LogP contribution in [0.5, 0.6) is 5.75 Å². The van der Waals surface area contributed by atoms with Gasteiger partial charge in [0.25, 0.3) is 0 Å². The highest BCUT2D eigenvalue weighted by molar-refractivity contribution is 5.85. The van der Waals surface area contributed by atoms with E-state index in [2.05, 4.69) is 51.2 Å². The Morgan fingerprint density at radius 3 is 2.37 bits per heavy atom. The summed E-state index contributed by atoms with van der Waals surface area (Å²) >= 11 is 0. The Morgan fingerprint density at radius 2 is 1.77 bits per heavy atom. The lowest BCUT2D eigenvalue weighted by Crippen LogP contribution is -2.36. The number of nitrogens with zero attached hydrogens (tertiary/aromatic N) is 1. The molecule has 1 aliphatic rings. The molecule has 2 aromatic carbocycles. The van der Waals surface area contributed by atoms with Crippen molar-refractivity contribution in [2.75, 3.05) is 4.90 Å². The topological polar surface area (TPSA) is 55.7 Å². The first kappa shape index (κ1) is 23.6. The number of anilines is 1. The van der Waals surface area contributed by atoms with Gasteiger partial charge in [0.2, 0.25) is 6.35 Å². The van der Waals surface area contributed by atoms with E-state index >= 15 is 0 Å². The third kappa shape index (κ3) is 4.54. The summed E-state index contributed by atoms with van der Waals surface area (Å²) in [6, 6.07) is 9.98. The summed E-state index contributed by atoms with van der Waals surface area (Å²) in [5.41, 5.74) is 8.10. The third-order valence-electron chi connectivity index (χ3n) is 5.51. The van der Waals surface area contributed by atoms with Gasteiger partial charge in [-0.05, 0) is 85.7 Å². The lowest BCUT2D eigenvalue weighted by molar-refractivity contribution is 0.169. The van der Waals surface area contributed by atoms with Gasteiger partial charge in [0.1, 0.15) is 5.75 Å². The zero-order chi connectivity index (χ0) is 22.6. The average molecular weight is 409 g/mol. The Balaban J connectivity index is 0.00000155.